The SMILES string of the molecule is Cc1ncsc1-c1ccc([C@H](C)NC(=O)[C@@H]2C[C@@H](O)CN2C(=O)[C@@H](NC(=O)[C@@H]2CCN(C(=O)c3ccc(-c4ccc(C5=N[C@@H](CC(=O)O)c6nnc(C)n6-c6sc(C)c(C)c65)cc4)cc3)C2)C(C)(C)C)cc1. The third-order valence-electron chi connectivity index (χ3n) is 14.1. The third-order valence-corrected chi connectivity index (χ3v) is 16.3. The third kappa shape index (κ3) is 9.86. The number of hydrogen-bond acceptors (Lipinski definition) is 12. The molecule has 9 rings (SSSR count). The van der Waals surface area contributed by atoms with Crippen LogP contribution in [-0.2, 0) is 19.2 Å². The number of fused-ring (bicyclic) bond motifs is 3. The maximum absolute atomic E-state index is 14.4. The summed E-state index contributed by atoms with van der Waals surface area (Å²) in [4.78, 5) is 82.7. The van der Waals surface area contributed by atoms with Gasteiger partial charge in [0.05, 0.1) is 46.3 Å². The average Bonchev–Trinajstić information content (AvgIpc) is 4.20. The lowest BCUT2D eigenvalue weighted by atomic mass is 9.85. The zero-order chi connectivity index (χ0) is 51.3. The van der Waals surface area contributed by atoms with Crippen molar-refractivity contribution in [1.82, 2.24) is 40.2 Å². The topological polar surface area (TPSA) is 212 Å². The molecule has 2 fully saturated rings. The molecule has 3 aromatic heterocycles. The normalized spacial score (nSPS) is 19.5. The molecule has 3 aliphatic rings. The number of thiophene rings is 1. The van der Waals surface area contributed by atoms with E-state index in [-0.39, 0.29) is 49.7 Å². The van der Waals surface area contributed by atoms with E-state index in [0.29, 0.717) is 35.9 Å². The fourth-order valence-corrected chi connectivity index (χ4v) is 12.0. The Hall–Kier alpha value is -6.89. The van der Waals surface area contributed by atoms with E-state index in [9.17, 15) is 34.2 Å². The summed E-state index contributed by atoms with van der Waals surface area (Å²) in [5.41, 5.74) is 9.74. The van der Waals surface area contributed by atoms with E-state index in [1.807, 2.05) is 119 Å². The van der Waals surface area contributed by atoms with E-state index in [4.69, 9.17) is 4.99 Å². The number of nitrogens with one attached hydrogen (secondary N) is 2. The number of carbonyl (C=O) groups excluding carboxylic acids is 4. The van der Waals surface area contributed by atoms with Gasteiger partial charge < -0.3 is 30.6 Å². The Kier molecular flexibility index (Phi) is 13.9. The Morgan fingerprint density at radius 3 is 2.12 bits per heavy atom. The lowest BCUT2D eigenvalue weighted by molar-refractivity contribution is -0.144. The van der Waals surface area contributed by atoms with Crippen molar-refractivity contribution in [3.05, 3.63) is 128 Å². The van der Waals surface area contributed by atoms with E-state index in [1.165, 1.54) is 4.90 Å². The standard InChI is InChI=1S/C54H59N9O7S2/c1-28-31(4)72-53-44(28)45(57-41(24-43(65)66)48-60-59-32(5)63(48)53)36-15-11-34(12-16-36)35-13-19-38(20-14-35)51(69)61-22-21-39(25-61)49(67)58-47(54(6,7)8)52(70)62-26-40(64)23-42(62)50(68)56-29(2)33-9-17-37(18-10-33)46-30(3)55-27-71-46/h9-20,27,29,39-42,47,64H,21-26H2,1-8H3,(H,56,68)(H,58,67)(H,65,66)/t29-,39+,40+,41-,42-,47+/m0/s1. The molecule has 374 valence electrons. The number of aliphatic hydroxyl groups excluding tert-OH is 1. The fourth-order valence-electron chi connectivity index (χ4n) is 9.93. The Morgan fingerprint density at radius 2 is 1.49 bits per heavy atom. The van der Waals surface area contributed by atoms with Crippen molar-refractivity contribution in [1.29, 1.82) is 0 Å². The summed E-state index contributed by atoms with van der Waals surface area (Å²) < 4.78 is 1.93. The number of β-amino-alcohol motifs (C(OH)–C–C–N with tert-alkyl or cyclic N) is 1. The second-order valence-electron chi connectivity index (χ2n) is 20.2. The Labute approximate surface area is 426 Å². The van der Waals surface area contributed by atoms with Crippen molar-refractivity contribution in [2.24, 2.45) is 16.3 Å². The molecule has 0 radical (unpaired) electrons. The predicted molar refractivity (Wildman–Crippen MR) is 276 cm³/mol. The number of hydrogen-bond donors (Lipinski definition) is 4. The molecule has 0 bridgehead atoms. The van der Waals surface area contributed by atoms with Crippen LogP contribution in [0.3, 0.4) is 0 Å². The van der Waals surface area contributed by atoms with Crippen molar-refractivity contribution in [2.45, 2.75) is 105 Å². The average molecular weight is 1010 g/mol. The highest BCUT2D eigenvalue weighted by Crippen LogP contribution is 2.40. The quantitative estimate of drug-likeness (QED) is 0.0945. The summed E-state index contributed by atoms with van der Waals surface area (Å²) in [5, 5.41) is 36.2. The van der Waals surface area contributed by atoms with Gasteiger partial charge in [0.2, 0.25) is 17.7 Å². The zero-order valence-corrected chi connectivity index (χ0v) is 43.2. The second-order valence-corrected chi connectivity index (χ2v) is 22.3. The first kappa shape index (κ1) is 50.1. The Morgan fingerprint density at radius 1 is 0.833 bits per heavy atom. The molecule has 0 saturated carbocycles. The summed E-state index contributed by atoms with van der Waals surface area (Å²) in [7, 11) is 0. The number of likely N-dealkylation sites (tertiary alicyclic amines) is 2. The van der Waals surface area contributed by atoms with Gasteiger partial charge in [0.1, 0.15) is 29.0 Å². The Balaban J connectivity index is 0.832. The highest BCUT2D eigenvalue weighted by Gasteiger charge is 2.46. The van der Waals surface area contributed by atoms with Gasteiger partial charge in [0, 0.05) is 47.6 Å². The lowest BCUT2D eigenvalue weighted by Gasteiger charge is -2.36. The van der Waals surface area contributed by atoms with Crippen molar-refractivity contribution in [3.63, 3.8) is 0 Å². The maximum Gasteiger partial charge on any atom is 0.306 e. The summed E-state index contributed by atoms with van der Waals surface area (Å²) in [6.45, 7) is 15.8. The molecule has 3 aliphatic heterocycles. The number of aryl methyl sites for hydroxylation is 3. The number of carboxylic acid groups (broad SMARTS) is 1. The number of amides is 4. The number of aliphatic imine (C=N–C) groups is 1. The fraction of sp³-hybridized carbons (Fsp3) is 0.389. The van der Waals surface area contributed by atoms with Crippen molar-refractivity contribution >= 4 is 58.0 Å². The zero-order valence-electron chi connectivity index (χ0n) is 41.6. The summed E-state index contributed by atoms with van der Waals surface area (Å²) in [6.07, 6.45) is -0.655. The van der Waals surface area contributed by atoms with Crippen LogP contribution in [0.2, 0.25) is 0 Å². The van der Waals surface area contributed by atoms with Crippen LogP contribution in [0.4, 0.5) is 0 Å². The predicted octanol–water partition coefficient (Wildman–Crippen LogP) is 7.55. The minimum atomic E-state index is -1.00. The van der Waals surface area contributed by atoms with Gasteiger partial charge in [-0.25, -0.2) is 4.98 Å². The smallest absolute Gasteiger partial charge is 0.306 e. The molecule has 0 spiro atoms. The number of carbonyl (C=O) groups is 5. The van der Waals surface area contributed by atoms with Gasteiger partial charge >= 0.3 is 5.97 Å². The molecule has 4 amide bonds. The first-order valence-corrected chi connectivity index (χ1v) is 25.9. The maximum atomic E-state index is 14.4. The van der Waals surface area contributed by atoms with Crippen LogP contribution in [0.15, 0.2) is 83.3 Å². The second kappa shape index (κ2) is 20.0. The van der Waals surface area contributed by atoms with Gasteiger partial charge in [-0.1, -0.05) is 81.4 Å². The van der Waals surface area contributed by atoms with E-state index < -0.39 is 47.4 Å². The molecule has 4 N–H and O–H groups in total. The van der Waals surface area contributed by atoms with Crippen LogP contribution in [-0.4, -0.2) is 113 Å². The van der Waals surface area contributed by atoms with Crippen molar-refractivity contribution < 1.29 is 34.2 Å². The molecule has 0 aliphatic carbocycles. The molecule has 6 heterocycles. The Bertz CT molecular complexity index is 3100. The number of carboxylic acids is 1. The monoisotopic (exact) mass is 1010 g/mol. The van der Waals surface area contributed by atoms with E-state index >= 15 is 0 Å². The van der Waals surface area contributed by atoms with Crippen molar-refractivity contribution in [3.8, 4) is 26.6 Å². The van der Waals surface area contributed by atoms with Gasteiger partial charge in [0.15, 0.2) is 5.82 Å². The summed E-state index contributed by atoms with van der Waals surface area (Å²) >= 11 is 3.17. The molecular formula is C54H59N9O7S2. The van der Waals surface area contributed by atoms with Gasteiger partial charge in [-0.05, 0) is 86.4 Å². The number of benzene rings is 3. The summed E-state index contributed by atoms with van der Waals surface area (Å²) in [5.74, 6) is -1.77. The molecule has 6 atom stereocenters. The van der Waals surface area contributed by atoms with Gasteiger partial charge in [0.25, 0.3) is 5.91 Å². The van der Waals surface area contributed by atoms with Gasteiger partial charge in [-0.15, -0.1) is 32.9 Å². The van der Waals surface area contributed by atoms with E-state index in [0.717, 1.165) is 59.4 Å². The number of aromatic nitrogens is 4. The van der Waals surface area contributed by atoms with Crippen LogP contribution < -0.4 is 10.6 Å². The number of aliphatic hydroxyl groups is 1. The number of rotatable bonds is 12. The number of thiazole rings is 1. The highest BCUT2D eigenvalue weighted by molar-refractivity contribution is 7.15. The largest absolute Gasteiger partial charge is 0.481 e. The lowest BCUT2D eigenvalue weighted by Crippen LogP contribution is -2.58. The molecule has 72 heavy (non-hydrogen) atoms. The molecule has 18 heteroatoms. The van der Waals surface area contributed by atoms with E-state index in [1.54, 1.807) is 39.7 Å². The van der Waals surface area contributed by atoms with Crippen LogP contribution in [0.1, 0.15) is 114 Å². The summed E-state index contributed by atoms with van der Waals surface area (Å²) in [6, 6.07) is 20.1. The number of nitrogens with zero attached hydrogens (tertiary/aromatic N) is 7. The van der Waals surface area contributed by atoms with Gasteiger partial charge in [-0.2, -0.15) is 0 Å². The molecule has 16 nitrogen and oxygen atoms in total. The number of aliphatic carboxylic acids is 1. The van der Waals surface area contributed by atoms with Crippen molar-refractivity contribution in [2.75, 3.05) is 19.6 Å². The molecular weight excluding hydrogens is 951 g/mol. The van der Waals surface area contributed by atoms with Crippen LogP contribution in [0.25, 0.3) is 26.6 Å². The molecule has 3 aromatic carbocycles. The first-order chi connectivity index (χ1) is 34.3. The minimum Gasteiger partial charge on any atom is -0.481 e. The van der Waals surface area contributed by atoms with Crippen LogP contribution in [0, 0.1) is 39.0 Å². The van der Waals surface area contributed by atoms with E-state index in [2.05, 4.69) is 32.7 Å². The van der Waals surface area contributed by atoms with Gasteiger partial charge in [-0.3, -0.25) is 33.5 Å². The van der Waals surface area contributed by atoms with Crippen LogP contribution >= 0.6 is 22.7 Å². The molecule has 6 aromatic rings. The first-order valence-electron chi connectivity index (χ1n) is 24.2. The molecule has 2 saturated heterocycles. The minimum absolute atomic E-state index is 0.0412. The van der Waals surface area contributed by atoms with Crippen LogP contribution in [0.5, 0.6) is 0 Å². The highest BCUT2D eigenvalue weighted by atomic mass is 32.1. The molecule has 0 unspecified atom stereocenters.